The van der Waals surface area contributed by atoms with Gasteiger partial charge in [0.25, 0.3) is 0 Å². The van der Waals surface area contributed by atoms with Crippen molar-refractivity contribution in [3.05, 3.63) is 60.8 Å². The average molecular weight is 414 g/mol. The number of carbonyl (C=O) groups excluding carboxylic acids is 1. The highest BCUT2D eigenvalue weighted by Gasteiger charge is 2.30. The fourth-order valence-corrected chi connectivity index (χ4v) is 2.70. The van der Waals surface area contributed by atoms with Gasteiger partial charge in [-0.1, -0.05) is 0 Å². The molecular weight excluding hydrogens is 401 g/mol. The molecule has 9 nitrogen and oxygen atoms in total. The number of hydrogen-bond donors (Lipinski definition) is 3. The molecule has 2 amide bonds. The fraction of sp³-hybridized carbons (Fsp3) is 0.0556. The molecule has 1 aromatic carbocycles. The summed E-state index contributed by atoms with van der Waals surface area (Å²) in [6.07, 6.45) is -0.681. The third-order valence-corrected chi connectivity index (χ3v) is 4.09. The molecule has 0 saturated heterocycles. The number of aromatic nitrogens is 5. The SMILES string of the molecule is Nc1ncnc2c1ncn2-c1ccc(NC(=O)Nc2cc(C(F)(F)F)ccn2)cc1. The van der Waals surface area contributed by atoms with Crippen LogP contribution in [0.15, 0.2) is 55.2 Å². The van der Waals surface area contributed by atoms with E-state index in [2.05, 4.69) is 30.6 Å². The summed E-state index contributed by atoms with van der Waals surface area (Å²) in [4.78, 5) is 28.0. The number of pyridine rings is 1. The number of rotatable bonds is 3. The Labute approximate surface area is 166 Å². The Balaban J connectivity index is 1.47. The summed E-state index contributed by atoms with van der Waals surface area (Å²) in [6, 6.07) is 7.48. The second-order valence-electron chi connectivity index (χ2n) is 6.10. The summed E-state index contributed by atoms with van der Waals surface area (Å²) >= 11 is 0. The number of nitrogen functional groups attached to an aromatic ring is 1. The van der Waals surface area contributed by atoms with Gasteiger partial charge in [-0.25, -0.2) is 24.7 Å². The molecule has 4 aromatic rings. The van der Waals surface area contributed by atoms with Crippen LogP contribution in [0.4, 0.5) is 35.3 Å². The van der Waals surface area contributed by atoms with Crippen LogP contribution in [0.5, 0.6) is 0 Å². The smallest absolute Gasteiger partial charge is 0.382 e. The number of nitrogens with one attached hydrogen (secondary N) is 2. The molecule has 0 aliphatic heterocycles. The molecule has 0 atom stereocenters. The van der Waals surface area contributed by atoms with Crippen molar-refractivity contribution in [1.82, 2.24) is 24.5 Å². The number of nitrogens with zero attached hydrogens (tertiary/aromatic N) is 5. The summed E-state index contributed by atoms with van der Waals surface area (Å²) < 4.78 is 39.9. The summed E-state index contributed by atoms with van der Waals surface area (Å²) in [5.41, 5.74) is 6.98. The van der Waals surface area contributed by atoms with Crippen molar-refractivity contribution in [2.45, 2.75) is 6.18 Å². The number of alkyl halides is 3. The Morgan fingerprint density at radius 3 is 2.50 bits per heavy atom. The lowest BCUT2D eigenvalue weighted by molar-refractivity contribution is -0.137. The van der Waals surface area contributed by atoms with Crippen LogP contribution in [-0.4, -0.2) is 30.5 Å². The van der Waals surface area contributed by atoms with Crippen molar-refractivity contribution in [3.8, 4) is 5.69 Å². The highest BCUT2D eigenvalue weighted by atomic mass is 19.4. The number of nitrogens with two attached hydrogens (primary N) is 1. The van der Waals surface area contributed by atoms with Crippen LogP contribution < -0.4 is 16.4 Å². The molecular formula is C18H13F3N8O. The van der Waals surface area contributed by atoms with Gasteiger partial charge in [0.05, 0.1) is 5.56 Å². The van der Waals surface area contributed by atoms with Gasteiger partial charge in [0.1, 0.15) is 18.5 Å². The Morgan fingerprint density at radius 1 is 1.00 bits per heavy atom. The van der Waals surface area contributed by atoms with Crippen LogP contribution in [0.1, 0.15) is 5.56 Å². The van der Waals surface area contributed by atoms with Gasteiger partial charge in [0, 0.05) is 17.6 Å². The Hall–Kier alpha value is -4.22. The lowest BCUT2D eigenvalue weighted by Gasteiger charge is -2.10. The highest BCUT2D eigenvalue weighted by Crippen LogP contribution is 2.30. The minimum Gasteiger partial charge on any atom is -0.382 e. The Kier molecular flexibility index (Phi) is 4.66. The van der Waals surface area contributed by atoms with Gasteiger partial charge in [-0.05, 0) is 36.4 Å². The minimum absolute atomic E-state index is 0.221. The molecule has 0 spiro atoms. The summed E-state index contributed by atoms with van der Waals surface area (Å²) in [5, 5.41) is 4.79. The van der Waals surface area contributed by atoms with E-state index >= 15 is 0 Å². The quantitative estimate of drug-likeness (QED) is 0.472. The first kappa shape index (κ1) is 19.1. The van der Waals surface area contributed by atoms with Gasteiger partial charge in [-0.3, -0.25) is 9.88 Å². The predicted octanol–water partition coefficient (Wildman–Crippen LogP) is 3.46. The molecule has 4 rings (SSSR count). The number of hydrogen-bond acceptors (Lipinski definition) is 6. The van der Waals surface area contributed by atoms with Crippen LogP contribution >= 0.6 is 0 Å². The van der Waals surface area contributed by atoms with E-state index in [1.165, 1.54) is 6.33 Å². The normalized spacial score (nSPS) is 11.4. The van der Waals surface area contributed by atoms with E-state index in [9.17, 15) is 18.0 Å². The molecule has 0 radical (unpaired) electrons. The number of anilines is 3. The third kappa shape index (κ3) is 3.83. The zero-order valence-corrected chi connectivity index (χ0v) is 15.1. The van der Waals surface area contributed by atoms with Crippen molar-refractivity contribution in [3.63, 3.8) is 0 Å². The van der Waals surface area contributed by atoms with E-state index in [1.807, 2.05) is 0 Å². The average Bonchev–Trinajstić information content (AvgIpc) is 3.14. The topological polar surface area (TPSA) is 124 Å². The molecule has 152 valence electrons. The number of urea groups is 1. The van der Waals surface area contributed by atoms with Crippen LogP contribution in [0.3, 0.4) is 0 Å². The van der Waals surface area contributed by atoms with Crippen molar-refractivity contribution in [2.75, 3.05) is 16.4 Å². The van der Waals surface area contributed by atoms with Crippen LogP contribution in [0.25, 0.3) is 16.9 Å². The number of amides is 2. The number of carbonyl (C=O) groups is 1. The van der Waals surface area contributed by atoms with E-state index in [1.54, 1.807) is 35.2 Å². The monoisotopic (exact) mass is 414 g/mol. The molecule has 0 aliphatic carbocycles. The Morgan fingerprint density at radius 2 is 1.77 bits per heavy atom. The Bertz CT molecular complexity index is 1220. The van der Waals surface area contributed by atoms with Gasteiger partial charge < -0.3 is 11.1 Å². The summed E-state index contributed by atoms with van der Waals surface area (Å²) in [7, 11) is 0. The molecule has 30 heavy (non-hydrogen) atoms. The highest BCUT2D eigenvalue weighted by molar-refractivity contribution is 5.99. The van der Waals surface area contributed by atoms with E-state index in [0.717, 1.165) is 18.3 Å². The minimum atomic E-state index is -4.53. The summed E-state index contributed by atoms with van der Waals surface area (Å²) in [5.74, 6) is 0.0398. The lowest BCUT2D eigenvalue weighted by atomic mass is 10.2. The molecule has 0 aliphatic rings. The lowest BCUT2D eigenvalue weighted by Crippen LogP contribution is -2.20. The van der Waals surface area contributed by atoms with E-state index in [0.29, 0.717) is 22.5 Å². The first-order valence-electron chi connectivity index (χ1n) is 8.46. The summed E-state index contributed by atoms with van der Waals surface area (Å²) in [6.45, 7) is 0. The fourth-order valence-electron chi connectivity index (χ4n) is 2.70. The zero-order chi connectivity index (χ0) is 21.3. The van der Waals surface area contributed by atoms with Crippen molar-refractivity contribution < 1.29 is 18.0 Å². The van der Waals surface area contributed by atoms with Crippen LogP contribution in [0.2, 0.25) is 0 Å². The molecule has 0 bridgehead atoms. The second kappa shape index (κ2) is 7.31. The molecule has 0 saturated carbocycles. The molecule has 0 fully saturated rings. The van der Waals surface area contributed by atoms with Gasteiger partial charge in [0.2, 0.25) is 0 Å². The van der Waals surface area contributed by atoms with E-state index in [-0.39, 0.29) is 11.6 Å². The molecule has 3 aromatic heterocycles. The maximum Gasteiger partial charge on any atom is 0.416 e. The van der Waals surface area contributed by atoms with Gasteiger partial charge in [-0.2, -0.15) is 13.2 Å². The van der Waals surface area contributed by atoms with E-state index in [4.69, 9.17) is 5.73 Å². The number of benzene rings is 1. The second-order valence-corrected chi connectivity index (χ2v) is 6.10. The molecule has 3 heterocycles. The molecule has 12 heteroatoms. The predicted molar refractivity (Wildman–Crippen MR) is 103 cm³/mol. The van der Waals surface area contributed by atoms with Gasteiger partial charge in [-0.15, -0.1) is 0 Å². The van der Waals surface area contributed by atoms with Crippen molar-refractivity contribution in [1.29, 1.82) is 0 Å². The molecule has 0 unspecified atom stereocenters. The number of imidazole rings is 1. The van der Waals surface area contributed by atoms with Gasteiger partial charge >= 0.3 is 12.2 Å². The van der Waals surface area contributed by atoms with E-state index < -0.39 is 17.8 Å². The zero-order valence-electron chi connectivity index (χ0n) is 15.1. The van der Waals surface area contributed by atoms with Crippen molar-refractivity contribution in [2.24, 2.45) is 0 Å². The van der Waals surface area contributed by atoms with Crippen molar-refractivity contribution >= 4 is 34.5 Å². The van der Waals surface area contributed by atoms with Crippen LogP contribution in [-0.2, 0) is 6.18 Å². The molecule has 4 N–H and O–H groups in total. The maximum atomic E-state index is 12.7. The number of halogens is 3. The largest absolute Gasteiger partial charge is 0.416 e. The number of fused-ring (bicyclic) bond motifs is 1. The first-order chi connectivity index (χ1) is 14.3. The maximum absolute atomic E-state index is 12.7. The standard InChI is InChI=1S/C18H13F3N8O/c19-18(20,21)10-5-6-23-13(7-10)28-17(30)27-11-1-3-12(4-2-11)29-9-26-14-15(22)24-8-25-16(14)29/h1-9H,(H2,22,24,25)(H2,23,27,28,30). The first-order valence-corrected chi connectivity index (χ1v) is 8.46. The third-order valence-electron chi connectivity index (χ3n) is 4.09. The van der Waals surface area contributed by atoms with Crippen LogP contribution in [0, 0.1) is 0 Å². The van der Waals surface area contributed by atoms with Gasteiger partial charge in [0.15, 0.2) is 17.0 Å².